The third kappa shape index (κ3) is 5.46. The van der Waals surface area contributed by atoms with Crippen LogP contribution in [0, 0.1) is 0 Å². The first-order chi connectivity index (χ1) is 15.4. The van der Waals surface area contributed by atoms with Gasteiger partial charge >= 0.3 is 0 Å². The Kier molecular flexibility index (Phi) is 7.49. The number of hydrogen-bond donors (Lipinski definition) is 1. The van der Waals surface area contributed by atoms with Crippen molar-refractivity contribution in [2.45, 2.75) is 26.4 Å². The average Bonchev–Trinajstić information content (AvgIpc) is 2.81. The van der Waals surface area contributed by atoms with E-state index in [1.807, 2.05) is 66.4 Å². The summed E-state index contributed by atoms with van der Waals surface area (Å²) in [6.45, 7) is 3.88. The molecule has 0 fully saturated rings. The van der Waals surface area contributed by atoms with Crippen molar-refractivity contribution in [2.75, 3.05) is 19.5 Å². The third-order valence-electron chi connectivity index (χ3n) is 5.24. The van der Waals surface area contributed by atoms with Gasteiger partial charge < -0.3 is 19.7 Å². The number of amides is 2. The molecule has 0 radical (unpaired) electrons. The summed E-state index contributed by atoms with van der Waals surface area (Å²) >= 11 is 0. The summed E-state index contributed by atoms with van der Waals surface area (Å²) in [6.07, 6.45) is 0. The molecule has 0 saturated heterocycles. The highest BCUT2D eigenvalue weighted by Crippen LogP contribution is 2.31. The molecule has 1 atom stereocenters. The third-order valence-corrected chi connectivity index (χ3v) is 5.24. The number of carbonyl (C=O) groups excluding carboxylic acids is 2. The number of carbonyl (C=O) groups is 2. The van der Waals surface area contributed by atoms with Crippen LogP contribution in [0.1, 0.15) is 41.4 Å². The van der Waals surface area contributed by atoms with E-state index < -0.39 is 0 Å². The second-order valence-electron chi connectivity index (χ2n) is 7.47. The molecule has 2 amide bonds. The van der Waals surface area contributed by atoms with Gasteiger partial charge in [0, 0.05) is 24.7 Å². The van der Waals surface area contributed by atoms with Crippen LogP contribution in [-0.4, -0.2) is 30.9 Å². The first-order valence-electron chi connectivity index (χ1n) is 10.4. The van der Waals surface area contributed by atoms with Crippen molar-refractivity contribution in [1.82, 2.24) is 4.90 Å². The lowest BCUT2D eigenvalue weighted by Crippen LogP contribution is -2.33. The Hall–Kier alpha value is -3.80. The minimum absolute atomic E-state index is 0.132. The lowest BCUT2D eigenvalue weighted by molar-refractivity contribution is -0.114. The summed E-state index contributed by atoms with van der Waals surface area (Å²) < 4.78 is 10.7. The van der Waals surface area contributed by atoms with Gasteiger partial charge in [-0.25, -0.2) is 0 Å². The average molecular weight is 433 g/mol. The summed E-state index contributed by atoms with van der Waals surface area (Å²) in [5, 5.41) is 2.80. The fourth-order valence-corrected chi connectivity index (χ4v) is 3.56. The number of benzene rings is 3. The fraction of sp³-hybridized carbons (Fsp3) is 0.231. The molecule has 0 spiro atoms. The van der Waals surface area contributed by atoms with Gasteiger partial charge in [-0.1, -0.05) is 42.5 Å². The van der Waals surface area contributed by atoms with Crippen molar-refractivity contribution in [3.8, 4) is 11.5 Å². The summed E-state index contributed by atoms with van der Waals surface area (Å²) in [7, 11) is 3.11. The molecule has 166 valence electrons. The van der Waals surface area contributed by atoms with Gasteiger partial charge in [-0.2, -0.15) is 0 Å². The van der Waals surface area contributed by atoms with E-state index in [4.69, 9.17) is 9.47 Å². The Balaban J connectivity index is 1.98. The maximum absolute atomic E-state index is 13.7. The van der Waals surface area contributed by atoms with Crippen LogP contribution in [0.5, 0.6) is 11.5 Å². The molecular formula is C26H28N2O4. The SMILES string of the molecule is COc1ccc(C(=O)N(Cc2ccccc2)C(C)c2cccc(NC(C)=O)c2)cc1OC. The van der Waals surface area contributed by atoms with Gasteiger partial charge in [-0.3, -0.25) is 9.59 Å². The summed E-state index contributed by atoms with van der Waals surface area (Å²) in [5.74, 6) is 0.789. The molecular weight excluding hydrogens is 404 g/mol. The quantitative estimate of drug-likeness (QED) is 0.540. The zero-order chi connectivity index (χ0) is 23.1. The maximum Gasteiger partial charge on any atom is 0.254 e. The summed E-state index contributed by atoms with van der Waals surface area (Å²) in [4.78, 5) is 26.9. The molecule has 0 aromatic heterocycles. The van der Waals surface area contributed by atoms with Gasteiger partial charge in [0.05, 0.1) is 20.3 Å². The lowest BCUT2D eigenvalue weighted by atomic mass is 10.0. The first kappa shape index (κ1) is 22.9. The van der Waals surface area contributed by atoms with Crippen LogP contribution in [0.15, 0.2) is 72.8 Å². The molecule has 1 N–H and O–H groups in total. The largest absolute Gasteiger partial charge is 0.493 e. The Morgan fingerprint density at radius 1 is 0.906 bits per heavy atom. The van der Waals surface area contributed by atoms with Crippen LogP contribution >= 0.6 is 0 Å². The molecule has 0 aliphatic rings. The standard InChI is InChI=1S/C26H28N2O4/c1-18(21-11-8-12-23(15-21)27-19(2)29)28(17-20-9-6-5-7-10-20)26(30)22-13-14-24(31-3)25(16-22)32-4/h5-16,18H,17H2,1-4H3,(H,27,29). The van der Waals surface area contributed by atoms with Gasteiger partial charge in [0.25, 0.3) is 5.91 Å². The lowest BCUT2D eigenvalue weighted by Gasteiger charge is -2.30. The minimum Gasteiger partial charge on any atom is -0.493 e. The topological polar surface area (TPSA) is 67.9 Å². The van der Waals surface area contributed by atoms with E-state index in [1.54, 1.807) is 32.4 Å². The Labute approximate surface area is 188 Å². The Morgan fingerprint density at radius 3 is 2.28 bits per heavy atom. The Bertz CT molecular complexity index is 1080. The van der Waals surface area contributed by atoms with Crippen LogP contribution in [0.2, 0.25) is 0 Å². The highest BCUT2D eigenvalue weighted by molar-refractivity contribution is 5.95. The molecule has 3 aromatic carbocycles. The molecule has 1 unspecified atom stereocenters. The summed E-state index contributed by atoms with van der Waals surface area (Å²) in [5.41, 5.74) is 3.13. The van der Waals surface area contributed by atoms with Crippen molar-refractivity contribution in [2.24, 2.45) is 0 Å². The molecule has 0 aliphatic carbocycles. The minimum atomic E-state index is -0.246. The molecule has 0 aliphatic heterocycles. The van der Waals surface area contributed by atoms with Gasteiger partial charge in [0.15, 0.2) is 11.5 Å². The molecule has 6 nitrogen and oxygen atoms in total. The molecule has 32 heavy (non-hydrogen) atoms. The fourth-order valence-electron chi connectivity index (χ4n) is 3.56. The van der Waals surface area contributed by atoms with Crippen LogP contribution in [-0.2, 0) is 11.3 Å². The van der Waals surface area contributed by atoms with Crippen molar-refractivity contribution in [3.05, 3.63) is 89.5 Å². The predicted molar refractivity (Wildman–Crippen MR) is 125 cm³/mol. The number of ether oxygens (including phenoxy) is 2. The molecule has 3 rings (SSSR count). The molecule has 6 heteroatoms. The van der Waals surface area contributed by atoms with Gasteiger partial charge in [0.2, 0.25) is 5.91 Å². The maximum atomic E-state index is 13.7. The van der Waals surface area contributed by atoms with E-state index in [0.717, 1.165) is 11.1 Å². The van der Waals surface area contributed by atoms with Gasteiger partial charge in [0.1, 0.15) is 0 Å². The first-order valence-corrected chi connectivity index (χ1v) is 10.4. The molecule has 3 aromatic rings. The van der Waals surface area contributed by atoms with Crippen LogP contribution in [0.25, 0.3) is 0 Å². The normalized spacial score (nSPS) is 11.4. The number of methoxy groups -OCH3 is 2. The highest BCUT2D eigenvalue weighted by Gasteiger charge is 2.24. The van der Waals surface area contributed by atoms with E-state index in [1.165, 1.54) is 6.92 Å². The van der Waals surface area contributed by atoms with Crippen molar-refractivity contribution in [3.63, 3.8) is 0 Å². The van der Waals surface area contributed by atoms with E-state index in [9.17, 15) is 9.59 Å². The zero-order valence-corrected chi connectivity index (χ0v) is 18.8. The van der Waals surface area contributed by atoms with Crippen LogP contribution in [0.3, 0.4) is 0 Å². The number of nitrogens with one attached hydrogen (secondary N) is 1. The summed E-state index contributed by atoms with van der Waals surface area (Å²) in [6, 6.07) is 22.3. The molecule has 0 bridgehead atoms. The molecule has 0 heterocycles. The number of hydrogen-bond acceptors (Lipinski definition) is 4. The van der Waals surface area contributed by atoms with E-state index in [0.29, 0.717) is 29.3 Å². The monoisotopic (exact) mass is 432 g/mol. The van der Waals surface area contributed by atoms with E-state index in [2.05, 4.69) is 5.32 Å². The van der Waals surface area contributed by atoms with Crippen LogP contribution < -0.4 is 14.8 Å². The second-order valence-corrected chi connectivity index (χ2v) is 7.47. The van der Waals surface area contributed by atoms with E-state index >= 15 is 0 Å². The van der Waals surface area contributed by atoms with Crippen molar-refractivity contribution < 1.29 is 19.1 Å². The second kappa shape index (κ2) is 10.5. The van der Waals surface area contributed by atoms with E-state index in [-0.39, 0.29) is 17.9 Å². The zero-order valence-electron chi connectivity index (χ0n) is 18.8. The molecule has 0 saturated carbocycles. The van der Waals surface area contributed by atoms with Gasteiger partial charge in [-0.15, -0.1) is 0 Å². The smallest absolute Gasteiger partial charge is 0.254 e. The van der Waals surface area contributed by atoms with Gasteiger partial charge in [-0.05, 0) is 48.4 Å². The van der Waals surface area contributed by atoms with Crippen molar-refractivity contribution >= 4 is 17.5 Å². The number of anilines is 1. The predicted octanol–water partition coefficient (Wildman–Crippen LogP) is 5.07. The Morgan fingerprint density at radius 2 is 1.62 bits per heavy atom. The van der Waals surface area contributed by atoms with Crippen molar-refractivity contribution in [1.29, 1.82) is 0 Å². The number of rotatable bonds is 8. The van der Waals surface area contributed by atoms with Crippen LogP contribution in [0.4, 0.5) is 5.69 Å². The highest BCUT2D eigenvalue weighted by atomic mass is 16.5. The number of nitrogens with zero attached hydrogens (tertiary/aromatic N) is 1.